The maximum absolute atomic E-state index is 13.5. The van der Waals surface area contributed by atoms with Crippen molar-refractivity contribution in [3.63, 3.8) is 0 Å². The second kappa shape index (κ2) is 8.44. The molecular weight excluding hydrogens is 312 g/mol. The van der Waals surface area contributed by atoms with E-state index < -0.39 is 23.2 Å². The molecular formula is C18H15F2N3O. The molecule has 0 saturated heterocycles. The Kier molecular flexibility index (Phi) is 6.03. The van der Waals surface area contributed by atoms with Crippen LogP contribution in [0, 0.1) is 23.0 Å². The van der Waals surface area contributed by atoms with Crippen molar-refractivity contribution in [3.8, 4) is 6.07 Å². The predicted molar refractivity (Wildman–Crippen MR) is 86.8 cm³/mol. The zero-order valence-electron chi connectivity index (χ0n) is 12.7. The first-order valence-corrected chi connectivity index (χ1v) is 7.24. The summed E-state index contributed by atoms with van der Waals surface area (Å²) >= 11 is 0. The van der Waals surface area contributed by atoms with Crippen LogP contribution in [0.15, 0.2) is 60.3 Å². The number of nitrogens with one attached hydrogen (secondary N) is 2. The fourth-order valence-electron chi connectivity index (χ4n) is 1.99. The number of rotatable bonds is 6. The summed E-state index contributed by atoms with van der Waals surface area (Å²) in [5.74, 6) is -2.24. The van der Waals surface area contributed by atoms with E-state index in [1.165, 1.54) is 6.07 Å². The molecule has 0 unspecified atom stereocenters. The van der Waals surface area contributed by atoms with Crippen molar-refractivity contribution in [2.45, 2.75) is 6.42 Å². The van der Waals surface area contributed by atoms with Crippen LogP contribution in [0.25, 0.3) is 0 Å². The average Bonchev–Trinajstić information content (AvgIpc) is 2.58. The van der Waals surface area contributed by atoms with Crippen molar-refractivity contribution in [2.75, 3.05) is 11.9 Å². The predicted octanol–water partition coefficient (Wildman–Crippen LogP) is 3.14. The van der Waals surface area contributed by atoms with Gasteiger partial charge in [0.1, 0.15) is 29.0 Å². The zero-order valence-corrected chi connectivity index (χ0v) is 12.7. The first kappa shape index (κ1) is 17.2. The Morgan fingerprint density at radius 3 is 2.38 bits per heavy atom. The zero-order chi connectivity index (χ0) is 17.4. The minimum Gasteiger partial charge on any atom is -0.355 e. The number of carbonyl (C=O) groups is 1. The van der Waals surface area contributed by atoms with Crippen LogP contribution >= 0.6 is 0 Å². The van der Waals surface area contributed by atoms with E-state index in [1.807, 2.05) is 30.3 Å². The summed E-state index contributed by atoms with van der Waals surface area (Å²) in [6, 6.07) is 14.6. The molecule has 0 aliphatic carbocycles. The number of para-hydroxylation sites is 1. The molecule has 0 aliphatic heterocycles. The third-order valence-corrected chi connectivity index (χ3v) is 3.23. The van der Waals surface area contributed by atoms with E-state index in [0.717, 1.165) is 23.9 Å². The van der Waals surface area contributed by atoms with E-state index in [0.29, 0.717) is 13.0 Å². The molecule has 0 saturated carbocycles. The lowest BCUT2D eigenvalue weighted by molar-refractivity contribution is -0.117. The van der Waals surface area contributed by atoms with E-state index in [2.05, 4.69) is 10.6 Å². The fraction of sp³-hybridized carbons (Fsp3) is 0.111. The molecule has 24 heavy (non-hydrogen) atoms. The molecule has 1 amide bonds. The van der Waals surface area contributed by atoms with Crippen LogP contribution in [0.2, 0.25) is 0 Å². The van der Waals surface area contributed by atoms with Crippen molar-refractivity contribution < 1.29 is 13.6 Å². The fourth-order valence-corrected chi connectivity index (χ4v) is 1.99. The standard InChI is InChI=1S/C18H15F2N3O/c19-15-7-4-8-16(20)17(15)23-12-14(11-21)18(24)22-10-9-13-5-2-1-3-6-13/h1-8,12,23H,9-10H2,(H,22,24)/b14-12-. The lowest BCUT2D eigenvalue weighted by Gasteiger charge is -2.06. The Morgan fingerprint density at radius 1 is 1.08 bits per heavy atom. The van der Waals surface area contributed by atoms with Gasteiger partial charge in [0, 0.05) is 12.7 Å². The highest BCUT2D eigenvalue weighted by Gasteiger charge is 2.11. The highest BCUT2D eigenvalue weighted by molar-refractivity contribution is 5.97. The van der Waals surface area contributed by atoms with Gasteiger partial charge >= 0.3 is 0 Å². The second-order valence-electron chi connectivity index (χ2n) is 4.90. The highest BCUT2D eigenvalue weighted by Crippen LogP contribution is 2.18. The number of nitriles is 1. The molecule has 0 fully saturated rings. The van der Waals surface area contributed by atoms with Crippen LogP contribution in [-0.2, 0) is 11.2 Å². The van der Waals surface area contributed by atoms with Gasteiger partial charge in [-0.3, -0.25) is 4.79 Å². The molecule has 0 spiro atoms. The van der Waals surface area contributed by atoms with E-state index in [-0.39, 0.29) is 5.57 Å². The number of amides is 1. The molecule has 2 N–H and O–H groups in total. The maximum atomic E-state index is 13.5. The van der Waals surface area contributed by atoms with Crippen molar-refractivity contribution >= 4 is 11.6 Å². The number of carbonyl (C=O) groups excluding carboxylic acids is 1. The number of anilines is 1. The first-order chi connectivity index (χ1) is 11.6. The van der Waals surface area contributed by atoms with Gasteiger partial charge in [-0.05, 0) is 24.1 Å². The second-order valence-corrected chi connectivity index (χ2v) is 4.90. The summed E-state index contributed by atoms with van der Waals surface area (Å²) in [6.07, 6.45) is 1.60. The summed E-state index contributed by atoms with van der Waals surface area (Å²) in [5.41, 5.74) is 0.361. The molecule has 6 heteroatoms. The Labute approximate surface area is 138 Å². The third-order valence-electron chi connectivity index (χ3n) is 3.23. The van der Waals surface area contributed by atoms with Gasteiger partial charge in [-0.15, -0.1) is 0 Å². The van der Waals surface area contributed by atoms with Crippen LogP contribution in [-0.4, -0.2) is 12.5 Å². The van der Waals surface area contributed by atoms with E-state index in [4.69, 9.17) is 5.26 Å². The van der Waals surface area contributed by atoms with E-state index >= 15 is 0 Å². The molecule has 0 bridgehead atoms. The van der Waals surface area contributed by atoms with Crippen molar-refractivity contribution in [1.82, 2.24) is 5.32 Å². The van der Waals surface area contributed by atoms with Gasteiger partial charge in [0.15, 0.2) is 0 Å². The number of hydrogen-bond donors (Lipinski definition) is 2. The Hall–Kier alpha value is -3.20. The van der Waals surface area contributed by atoms with Crippen LogP contribution in [0.3, 0.4) is 0 Å². The first-order valence-electron chi connectivity index (χ1n) is 7.24. The highest BCUT2D eigenvalue weighted by atomic mass is 19.1. The molecule has 0 radical (unpaired) electrons. The van der Waals surface area contributed by atoms with Gasteiger partial charge in [0.2, 0.25) is 0 Å². The van der Waals surface area contributed by atoms with Crippen LogP contribution < -0.4 is 10.6 Å². The molecule has 0 aromatic heterocycles. The van der Waals surface area contributed by atoms with E-state index in [1.54, 1.807) is 6.07 Å². The Bertz CT molecular complexity index is 762. The summed E-state index contributed by atoms with van der Waals surface area (Å²) in [6.45, 7) is 0.343. The van der Waals surface area contributed by atoms with Crippen molar-refractivity contribution in [2.24, 2.45) is 0 Å². The molecule has 2 rings (SSSR count). The molecule has 0 atom stereocenters. The topological polar surface area (TPSA) is 64.9 Å². The molecule has 0 heterocycles. The smallest absolute Gasteiger partial charge is 0.263 e. The number of benzene rings is 2. The number of nitrogens with zero attached hydrogens (tertiary/aromatic N) is 1. The molecule has 4 nitrogen and oxygen atoms in total. The molecule has 122 valence electrons. The summed E-state index contributed by atoms with van der Waals surface area (Å²) < 4.78 is 27.0. The maximum Gasteiger partial charge on any atom is 0.263 e. The van der Waals surface area contributed by atoms with Gasteiger partial charge in [-0.1, -0.05) is 36.4 Å². The Balaban J connectivity index is 1.95. The van der Waals surface area contributed by atoms with Gasteiger partial charge in [0.25, 0.3) is 5.91 Å². The van der Waals surface area contributed by atoms with Gasteiger partial charge in [0.05, 0.1) is 0 Å². The number of halogens is 2. The summed E-state index contributed by atoms with van der Waals surface area (Å²) in [7, 11) is 0. The lowest BCUT2D eigenvalue weighted by Crippen LogP contribution is -2.27. The lowest BCUT2D eigenvalue weighted by atomic mass is 10.1. The molecule has 2 aromatic rings. The van der Waals surface area contributed by atoms with Crippen LogP contribution in [0.1, 0.15) is 5.56 Å². The molecule has 0 aliphatic rings. The van der Waals surface area contributed by atoms with Crippen LogP contribution in [0.5, 0.6) is 0 Å². The van der Waals surface area contributed by atoms with Gasteiger partial charge in [-0.2, -0.15) is 5.26 Å². The largest absolute Gasteiger partial charge is 0.355 e. The minimum absolute atomic E-state index is 0.272. The van der Waals surface area contributed by atoms with Gasteiger partial charge in [-0.25, -0.2) is 8.78 Å². The average molecular weight is 327 g/mol. The monoisotopic (exact) mass is 327 g/mol. The van der Waals surface area contributed by atoms with Crippen molar-refractivity contribution in [3.05, 3.63) is 77.5 Å². The summed E-state index contributed by atoms with van der Waals surface area (Å²) in [4.78, 5) is 11.9. The SMILES string of the molecule is N#C/C(=C/Nc1c(F)cccc1F)C(=O)NCCc1ccccc1. The Morgan fingerprint density at radius 2 is 1.75 bits per heavy atom. The molecule has 2 aromatic carbocycles. The normalized spacial score (nSPS) is 10.8. The van der Waals surface area contributed by atoms with Gasteiger partial charge < -0.3 is 10.6 Å². The minimum atomic E-state index is -0.812. The van der Waals surface area contributed by atoms with Crippen LogP contribution in [0.4, 0.5) is 14.5 Å². The third kappa shape index (κ3) is 4.65. The summed E-state index contributed by atoms with van der Waals surface area (Å²) in [5, 5.41) is 13.9. The quantitative estimate of drug-likeness (QED) is 0.633. The van der Waals surface area contributed by atoms with Crippen molar-refractivity contribution in [1.29, 1.82) is 5.26 Å². The van der Waals surface area contributed by atoms with E-state index in [9.17, 15) is 13.6 Å². The number of hydrogen-bond acceptors (Lipinski definition) is 3.